The minimum Gasteiger partial charge on any atom is -0.375 e. The van der Waals surface area contributed by atoms with Crippen LogP contribution in [-0.4, -0.2) is 50.1 Å². The van der Waals surface area contributed by atoms with Crippen molar-refractivity contribution in [1.82, 2.24) is 9.29 Å². The van der Waals surface area contributed by atoms with Gasteiger partial charge in [-0.3, -0.25) is 0 Å². The summed E-state index contributed by atoms with van der Waals surface area (Å²) < 4.78 is 34.0. The Labute approximate surface area is 133 Å². The second kappa shape index (κ2) is 5.83. The van der Waals surface area contributed by atoms with Crippen LogP contribution in [0.5, 0.6) is 0 Å². The molecule has 21 heavy (non-hydrogen) atoms. The van der Waals surface area contributed by atoms with Gasteiger partial charge in [0.25, 0.3) is 0 Å². The number of halogens is 1. The van der Waals surface area contributed by atoms with Crippen LogP contribution in [0.3, 0.4) is 0 Å². The van der Waals surface area contributed by atoms with E-state index in [9.17, 15) is 8.42 Å². The highest BCUT2D eigenvalue weighted by molar-refractivity contribution is 9.10. The first-order valence-corrected chi connectivity index (χ1v) is 9.24. The Hall–Kier alpha value is -0.700. The third-order valence-electron chi connectivity index (χ3n) is 4.07. The molecule has 1 aromatic heterocycles. The highest BCUT2D eigenvalue weighted by atomic mass is 79.9. The second-order valence-electron chi connectivity index (χ2n) is 5.27. The predicted molar refractivity (Wildman–Crippen MR) is 82.8 cm³/mol. The molecular weight excluding hydrogens is 358 g/mol. The number of sulfonamides is 1. The van der Waals surface area contributed by atoms with Crippen LogP contribution in [0.15, 0.2) is 21.6 Å². The number of fused-ring (bicyclic) bond motifs is 1. The largest absolute Gasteiger partial charge is 0.375 e. The second-order valence-corrected chi connectivity index (χ2v) is 8.05. The van der Waals surface area contributed by atoms with Gasteiger partial charge in [-0.05, 0) is 41.3 Å². The molecule has 0 aromatic carbocycles. The third-order valence-corrected chi connectivity index (χ3v) is 6.45. The monoisotopic (exact) mass is 375 g/mol. The molecule has 2 fully saturated rings. The van der Waals surface area contributed by atoms with Crippen molar-refractivity contribution in [2.24, 2.45) is 0 Å². The quantitative estimate of drug-likeness (QED) is 0.872. The summed E-state index contributed by atoms with van der Waals surface area (Å²) in [6.45, 7) is 0.857. The van der Waals surface area contributed by atoms with Crippen LogP contribution in [-0.2, 0) is 14.8 Å². The van der Waals surface area contributed by atoms with Crippen LogP contribution in [0.1, 0.15) is 19.3 Å². The molecule has 2 aliphatic rings. The Kier molecular flexibility index (Phi) is 4.22. The van der Waals surface area contributed by atoms with Gasteiger partial charge in [-0.25, -0.2) is 13.4 Å². The van der Waals surface area contributed by atoms with Crippen LogP contribution < -0.4 is 5.32 Å². The van der Waals surface area contributed by atoms with E-state index in [1.807, 2.05) is 0 Å². The van der Waals surface area contributed by atoms with Crippen LogP contribution in [0.2, 0.25) is 0 Å². The van der Waals surface area contributed by atoms with Crippen LogP contribution in [0.25, 0.3) is 0 Å². The molecule has 1 N–H and O–H groups in total. The third kappa shape index (κ3) is 2.69. The molecule has 1 saturated carbocycles. The first-order valence-electron chi connectivity index (χ1n) is 7.01. The van der Waals surface area contributed by atoms with Crippen molar-refractivity contribution in [1.29, 1.82) is 0 Å². The molecule has 1 saturated heterocycles. The number of nitrogens with one attached hydrogen (secondary N) is 1. The van der Waals surface area contributed by atoms with E-state index < -0.39 is 10.0 Å². The number of aromatic nitrogens is 1. The van der Waals surface area contributed by atoms with E-state index in [0.717, 1.165) is 19.3 Å². The van der Waals surface area contributed by atoms with Gasteiger partial charge >= 0.3 is 0 Å². The molecule has 116 valence electrons. The number of anilines is 1. The van der Waals surface area contributed by atoms with Crippen molar-refractivity contribution in [3.05, 3.63) is 16.7 Å². The zero-order chi connectivity index (χ0) is 15.0. The lowest BCUT2D eigenvalue weighted by molar-refractivity contribution is -0.0241. The summed E-state index contributed by atoms with van der Waals surface area (Å²) in [7, 11) is -1.91. The number of rotatable bonds is 3. The molecule has 3 rings (SSSR count). The SMILES string of the molecule is CNc1ncc(Br)cc1S(=O)(=O)N1CCOC2CCCC21. The van der Waals surface area contributed by atoms with Gasteiger partial charge in [-0.15, -0.1) is 0 Å². The lowest BCUT2D eigenvalue weighted by atomic mass is 10.2. The maximum absolute atomic E-state index is 13.0. The zero-order valence-electron chi connectivity index (χ0n) is 11.8. The van der Waals surface area contributed by atoms with Gasteiger partial charge in [0.1, 0.15) is 10.7 Å². The molecule has 0 spiro atoms. The molecular formula is C13H18BrN3O3S. The molecule has 2 atom stereocenters. The summed E-state index contributed by atoms with van der Waals surface area (Å²) in [4.78, 5) is 4.36. The Balaban J connectivity index is 2.02. The predicted octanol–water partition coefficient (Wildman–Crippen LogP) is 1.83. The average molecular weight is 376 g/mol. The van der Waals surface area contributed by atoms with E-state index in [2.05, 4.69) is 26.2 Å². The summed E-state index contributed by atoms with van der Waals surface area (Å²) in [5, 5.41) is 2.86. The van der Waals surface area contributed by atoms with Gasteiger partial charge in [0.05, 0.1) is 18.8 Å². The lowest BCUT2D eigenvalue weighted by Gasteiger charge is -2.36. The van der Waals surface area contributed by atoms with Crippen LogP contribution in [0, 0.1) is 0 Å². The molecule has 0 amide bonds. The standard InChI is InChI=1S/C13H18BrN3O3S/c1-15-13-12(7-9(14)8-16-13)21(18,19)17-5-6-20-11-4-2-3-10(11)17/h7-8,10-11H,2-6H2,1H3,(H,15,16). The van der Waals surface area contributed by atoms with Crippen LogP contribution >= 0.6 is 15.9 Å². The Morgan fingerprint density at radius 1 is 1.48 bits per heavy atom. The molecule has 2 unspecified atom stereocenters. The Bertz CT molecular complexity index is 638. The average Bonchev–Trinajstić information content (AvgIpc) is 2.95. The van der Waals surface area contributed by atoms with Gasteiger partial charge in [0, 0.05) is 24.3 Å². The highest BCUT2D eigenvalue weighted by Crippen LogP contribution is 2.35. The minimum absolute atomic E-state index is 0.0340. The number of pyridine rings is 1. The number of hydrogen-bond acceptors (Lipinski definition) is 5. The van der Waals surface area contributed by atoms with E-state index in [4.69, 9.17) is 4.74 Å². The normalized spacial score (nSPS) is 26.6. The van der Waals surface area contributed by atoms with Crippen molar-refractivity contribution in [3.63, 3.8) is 0 Å². The molecule has 0 radical (unpaired) electrons. The number of hydrogen-bond donors (Lipinski definition) is 1. The molecule has 2 heterocycles. The first kappa shape index (κ1) is 15.2. The van der Waals surface area contributed by atoms with Gasteiger partial charge in [0.2, 0.25) is 10.0 Å². The number of morpholine rings is 1. The van der Waals surface area contributed by atoms with E-state index in [-0.39, 0.29) is 17.0 Å². The maximum atomic E-state index is 13.0. The van der Waals surface area contributed by atoms with Crippen molar-refractivity contribution in [2.45, 2.75) is 36.3 Å². The summed E-state index contributed by atoms with van der Waals surface area (Å²) in [6, 6.07) is 1.56. The summed E-state index contributed by atoms with van der Waals surface area (Å²) in [6.07, 6.45) is 4.43. The molecule has 6 nitrogen and oxygen atoms in total. The summed E-state index contributed by atoms with van der Waals surface area (Å²) in [5.41, 5.74) is 0. The Morgan fingerprint density at radius 3 is 3.05 bits per heavy atom. The molecule has 1 aliphatic heterocycles. The highest BCUT2D eigenvalue weighted by Gasteiger charge is 2.43. The summed E-state index contributed by atoms with van der Waals surface area (Å²) >= 11 is 3.30. The molecule has 1 aromatic rings. The van der Waals surface area contributed by atoms with Crippen LogP contribution in [0.4, 0.5) is 5.82 Å². The smallest absolute Gasteiger partial charge is 0.247 e. The fourth-order valence-electron chi connectivity index (χ4n) is 3.12. The van der Waals surface area contributed by atoms with Gasteiger partial charge in [-0.1, -0.05) is 0 Å². The number of ether oxygens (including phenoxy) is 1. The van der Waals surface area contributed by atoms with Gasteiger partial charge in [-0.2, -0.15) is 4.31 Å². The number of nitrogens with zero attached hydrogens (tertiary/aromatic N) is 2. The van der Waals surface area contributed by atoms with Crippen molar-refractivity contribution < 1.29 is 13.2 Å². The maximum Gasteiger partial charge on any atom is 0.247 e. The van der Waals surface area contributed by atoms with Crippen molar-refractivity contribution >= 4 is 31.8 Å². The fourth-order valence-corrected chi connectivity index (χ4v) is 5.44. The van der Waals surface area contributed by atoms with E-state index in [0.29, 0.717) is 23.4 Å². The van der Waals surface area contributed by atoms with Crippen molar-refractivity contribution in [3.8, 4) is 0 Å². The Morgan fingerprint density at radius 2 is 2.29 bits per heavy atom. The first-order chi connectivity index (χ1) is 10.0. The minimum atomic E-state index is -3.58. The topological polar surface area (TPSA) is 71.5 Å². The van der Waals surface area contributed by atoms with Gasteiger partial charge < -0.3 is 10.1 Å². The van der Waals surface area contributed by atoms with Gasteiger partial charge in [0.15, 0.2) is 0 Å². The fraction of sp³-hybridized carbons (Fsp3) is 0.615. The molecule has 1 aliphatic carbocycles. The molecule has 8 heteroatoms. The van der Waals surface area contributed by atoms with E-state index in [1.165, 1.54) is 0 Å². The zero-order valence-corrected chi connectivity index (χ0v) is 14.2. The van der Waals surface area contributed by atoms with Crippen molar-refractivity contribution in [2.75, 3.05) is 25.5 Å². The van der Waals surface area contributed by atoms with E-state index >= 15 is 0 Å². The van der Waals surface area contributed by atoms with E-state index in [1.54, 1.807) is 23.6 Å². The summed E-state index contributed by atoms with van der Waals surface area (Å²) in [5.74, 6) is 0.374. The lowest BCUT2D eigenvalue weighted by Crippen LogP contribution is -2.51. The molecule has 0 bridgehead atoms.